The monoisotopic (exact) mass is 444 g/mol. The van der Waals surface area contributed by atoms with E-state index in [4.69, 9.17) is 4.74 Å². The first-order valence-corrected chi connectivity index (χ1v) is 13.7. The van der Waals surface area contributed by atoms with Crippen molar-refractivity contribution in [3.8, 4) is 0 Å². The fourth-order valence-electron chi connectivity index (χ4n) is 11.4. The number of carbonyl (C=O) groups is 1. The molecule has 5 saturated carbocycles. The molecule has 0 bridgehead atoms. The Kier molecular flexibility index (Phi) is 5.23. The molecule has 9 atom stereocenters. The zero-order chi connectivity index (χ0) is 23.2. The molecule has 0 saturated heterocycles. The van der Waals surface area contributed by atoms with Gasteiger partial charge in [0, 0.05) is 18.9 Å². The minimum absolute atomic E-state index is 0.0435. The Balaban J connectivity index is 1.48. The average Bonchev–Trinajstić information content (AvgIpc) is 3.15. The summed E-state index contributed by atoms with van der Waals surface area (Å²) in [6, 6.07) is 0. The van der Waals surface area contributed by atoms with Crippen LogP contribution in [0.25, 0.3) is 0 Å². The van der Waals surface area contributed by atoms with Gasteiger partial charge in [0.2, 0.25) is 0 Å². The lowest BCUT2D eigenvalue weighted by molar-refractivity contribution is -0.249. The van der Waals surface area contributed by atoms with Crippen molar-refractivity contribution in [2.45, 2.75) is 118 Å². The predicted molar refractivity (Wildman–Crippen MR) is 128 cm³/mol. The molecule has 32 heavy (non-hydrogen) atoms. The van der Waals surface area contributed by atoms with Crippen molar-refractivity contribution < 1.29 is 14.6 Å². The molecule has 0 spiro atoms. The van der Waals surface area contributed by atoms with Gasteiger partial charge in [-0.3, -0.25) is 4.79 Å². The molecule has 1 N–H and O–H groups in total. The Morgan fingerprint density at radius 2 is 1.56 bits per heavy atom. The largest absolute Gasteiger partial charge is 0.462 e. The highest BCUT2D eigenvalue weighted by Gasteiger charge is 2.70. The first-order valence-electron chi connectivity index (χ1n) is 13.7. The van der Waals surface area contributed by atoms with Crippen LogP contribution in [0, 0.1) is 50.7 Å². The molecule has 5 aliphatic rings. The summed E-state index contributed by atoms with van der Waals surface area (Å²) in [5.41, 5.74) is 1.40. The molecule has 3 heteroatoms. The molecule has 5 rings (SSSR count). The molecule has 0 aliphatic heterocycles. The highest BCUT2D eigenvalue weighted by Crippen LogP contribution is 2.76. The summed E-state index contributed by atoms with van der Waals surface area (Å²) in [7, 11) is 0. The number of ether oxygens (including phenoxy) is 1. The molecule has 3 nitrogen and oxygen atoms in total. The number of esters is 1. The van der Waals surface area contributed by atoms with Gasteiger partial charge in [0.25, 0.3) is 0 Å². The van der Waals surface area contributed by atoms with Crippen LogP contribution in [-0.4, -0.2) is 23.8 Å². The Labute approximate surface area is 196 Å². The second-order valence-corrected chi connectivity index (χ2v) is 14.1. The fraction of sp³-hybridized carbons (Fsp3) is 0.966. The van der Waals surface area contributed by atoms with Crippen molar-refractivity contribution in [3.05, 3.63) is 0 Å². The van der Waals surface area contributed by atoms with Crippen molar-refractivity contribution in [1.29, 1.82) is 0 Å². The first-order chi connectivity index (χ1) is 14.9. The lowest BCUT2D eigenvalue weighted by atomic mass is 9.32. The van der Waals surface area contributed by atoms with Crippen LogP contribution in [0.4, 0.5) is 0 Å². The number of hydrogen-bond donors (Lipinski definition) is 1. The maximum absolute atomic E-state index is 11.8. The smallest absolute Gasteiger partial charge is 0.302 e. The molecule has 0 aromatic carbocycles. The SMILES string of the molecule is CC(=O)O[C@H]1CC[C@@]2(C)C(CC[C@]3(C)C2CCC2C4CCC[C@]4(CO)CC[C@]23C)C1(C)C. The lowest BCUT2D eigenvalue weighted by Gasteiger charge is -2.72. The fourth-order valence-corrected chi connectivity index (χ4v) is 11.4. The van der Waals surface area contributed by atoms with E-state index in [-0.39, 0.29) is 22.9 Å². The van der Waals surface area contributed by atoms with E-state index >= 15 is 0 Å². The highest BCUT2D eigenvalue weighted by molar-refractivity contribution is 5.66. The number of fused-ring (bicyclic) bond motifs is 7. The normalized spacial score (nSPS) is 54.0. The minimum Gasteiger partial charge on any atom is -0.462 e. The van der Waals surface area contributed by atoms with E-state index < -0.39 is 0 Å². The summed E-state index contributed by atoms with van der Waals surface area (Å²) in [5, 5.41) is 10.4. The third kappa shape index (κ3) is 2.78. The predicted octanol–water partition coefficient (Wildman–Crippen LogP) is 6.77. The van der Waals surface area contributed by atoms with Gasteiger partial charge in [-0.05, 0) is 110 Å². The van der Waals surface area contributed by atoms with Gasteiger partial charge < -0.3 is 9.84 Å². The Morgan fingerprint density at radius 3 is 2.25 bits per heavy atom. The van der Waals surface area contributed by atoms with Crippen molar-refractivity contribution in [1.82, 2.24) is 0 Å². The molecule has 0 aromatic heterocycles. The van der Waals surface area contributed by atoms with Crippen LogP contribution < -0.4 is 0 Å². The second-order valence-electron chi connectivity index (χ2n) is 14.1. The van der Waals surface area contributed by atoms with Gasteiger partial charge in [0.15, 0.2) is 0 Å². The Bertz CT molecular complexity index is 774. The number of rotatable bonds is 2. The quantitative estimate of drug-likeness (QED) is 0.478. The van der Waals surface area contributed by atoms with E-state index in [0.717, 1.165) is 24.2 Å². The highest BCUT2D eigenvalue weighted by atomic mass is 16.5. The van der Waals surface area contributed by atoms with Gasteiger partial charge in [-0.1, -0.05) is 41.0 Å². The molecular formula is C29H48O3. The van der Waals surface area contributed by atoms with Gasteiger partial charge in [-0.25, -0.2) is 0 Å². The summed E-state index contributed by atoms with van der Waals surface area (Å²) < 4.78 is 5.88. The second kappa shape index (κ2) is 7.22. The van der Waals surface area contributed by atoms with Crippen LogP contribution in [0.1, 0.15) is 112 Å². The third-order valence-corrected chi connectivity index (χ3v) is 13.1. The summed E-state index contributed by atoms with van der Waals surface area (Å²) >= 11 is 0. The van der Waals surface area contributed by atoms with Gasteiger partial charge in [0.1, 0.15) is 6.10 Å². The van der Waals surface area contributed by atoms with Crippen molar-refractivity contribution >= 4 is 5.97 Å². The van der Waals surface area contributed by atoms with Crippen LogP contribution in [0.5, 0.6) is 0 Å². The van der Waals surface area contributed by atoms with E-state index in [2.05, 4.69) is 34.6 Å². The first kappa shape index (κ1) is 23.2. The van der Waals surface area contributed by atoms with Crippen molar-refractivity contribution in [2.24, 2.45) is 50.7 Å². The van der Waals surface area contributed by atoms with E-state index in [9.17, 15) is 9.90 Å². The van der Waals surface area contributed by atoms with Crippen LogP contribution in [0.15, 0.2) is 0 Å². The van der Waals surface area contributed by atoms with Gasteiger partial charge in [-0.15, -0.1) is 0 Å². The van der Waals surface area contributed by atoms with Crippen LogP contribution in [-0.2, 0) is 9.53 Å². The zero-order valence-electron chi connectivity index (χ0n) is 21.6. The van der Waals surface area contributed by atoms with Gasteiger partial charge in [-0.2, -0.15) is 0 Å². The summed E-state index contributed by atoms with van der Waals surface area (Å²) in [4.78, 5) is 11.8. The number of aliphatic hydroxyl groups excluding tert-OH is 1. The summed E-state index contributed by atoms with van der Waals surface area (Å²) in [6.45, 7) is 14.7. The molecule has 182 valence electrons. The average molecular weight is 445 g/mol. The molecule has 5 aliphatic carbocycles. The maximum Gasteiger partial charge on any atom is 0.302 e. The number of aliphatic hydroxyl groups is 1. The van der Waals surface area contributed by atoms with Crippen molar-refractivity contribution in [2.75, 3.05) is 6.61 Å². The topological polar surface area (TPSA) is 46.5 Å². The number of carbonyl (C=O) groups excluding carboxylic acids is 1. The Hall–Kier alpha value is -0.570. The molecule has 0 radical (unpaired) electrons. The van der Waals surface area contributed by atoms with E-state index in [1.165, 1.54) is 64.2 Å². The van der Waals surface area contributed by atoms with E-state index in [1.54, 1.807) is 6.92 Å². The van der Waals surface area contributed by atoms with E-state index in [0.29, 0.717) is 28.8 Å². The minimum atomic E-state index is -0.119. The number of hydrogen-bond acceptors (Lipinski definition) is 3. The Morgan fingerprint density at radius 1 is 0.812 bits per heavy atom. The summed E-state index contributed by atoms with van der Waals surface area (Å²) in [6.07, 6.45) is 14.1. The van der Waals surface area contributed by atoms with Crippen molar-refractivity contribution in [3.63, 3.8) is 0 Å². The van der Waals surface area contributed by atoms with Crippen LogP contribution >= 0.6 is 0 Å². The third-order valence-electron chi connectivity index (χ3n) is 13.1. The molecule has 4 unspecified atom stereocenters. The molecular weight excluding hydrogens is 396 g/mol. The van der Waals surface area contributed by atoms with Crippen LogP contribution in [0.2, 0.25) is 0 Å². The molecule has 0 aromatic rings. The van der Waals surface area contributed by atoms with Gasteiger partial charge in [0.05, 0.1) is 0 Å². The standard InChI is InChI=1S/C29H48O3/c1-19(31)32-24-12-14-26(4)22(25(24,2)3)11-15-28(6)23(26)10-9-20-21-8-7-13-29(21,18-30)17-16-27(20,28)5/h20-24,30H,7-18H2,1-6H3/t20?,21?,22?,23?,24-,26-,27+,28+,29+/m0/s1. The van der Waals surface area contributed by atoms with Gasteiger partial charge >= 0.3 is 5.97 Å². The summed E-state index contributed by atoms with van der Waals surface area (Å²) in [5.74, 6) is 2.79. The van der Waals surface area contributed by atoms with E-state index in [1.807, 2.05) is 0 Å². The lowest BCUT2D eigenvalue weighted by Crippen LogP contribution is -2.66. The molecule has 0 amide bonds. The van der Waals surface area contributed by atoms with Crippen LogP contribution in [0.3, 0.4) is 0 Å². The molecule has 5 fully saturated rings. The molecule has 0 heterocycles. The maximum atomic E-state index is 11.8. The zero-order valence-corrected chi connectivity index (χ0v) is 21.6.